The molecule has 0 bridgehead atoms. The number of anilines is 1. The molecule has 2 atom stereocenters. The van der Waals surface area contributed by atoms with Crippen molar-refractivity contribution in [1.29, 1.82) is 0 Å². The van der Waals surface area contributed by atoms with Crippen molar-refractivity contribution >= 4 is 5.69 Å². The highest BCUT2D eigenvalue weighted by Gasteiger charge is 2.24. The maximum Gasteiger partial charge on any atom is 0.123 e. The van der Waals surface area contributed by atoms with Crippen molar-refractivity contribution in [3.8, 4) is 0 Å². The zero-order valence-corrected chi connectivity index (χ0v) is 10.4. The second-order valence-corrected chi connectivity index (χ2v) is 5.03. The van der Waals surface area contributed by atoms with E-state index in [0.29, 0.717) is 18.1 Å². The Morgan fingerprint density at radius 3 is 2.65 bits per heavy atom. The Balaban J connectivity index is 1.92. The Labute approximate surface area is 102 Å². The Kier molecular flexibility index (Phi) is 4.00. The first-order valence-corrected chi connectivity index (χ1v) is 6.29. The van der Waals surface area contributed by atoms with Gasteiger partial charge in [0.15, 0.2) is 0 Å². The second-order valence-electron chi connectivity index (χ2n) is 5.03. The van der Waals surface area contributed by atoms with Crippen molar-refractivity contribution < 1.29 is 9.13 Å². The van der Waals surface area contributed by atoms with Crippen LogP contribution in [0.5, 0.6) is 0 Å². The van der Waals surface area contributed by atoms with E-state index in [0.717, 1.165) is 25.1 Å². The molecule has 17 heavy (non-hydrogen) atoms. The molecule has 1 saturated heterocycles. The largest absolute Gasteiger partial charge is 0.382 e. The summed E-state index contributed by atoms with van der Waals surface area (Å²) in [6, 6.07) is 6.98. The summed E-state index contributed by atoms with van der Waals surface area (Å²) in [5, 5.41) is 3.45. The van der Waals surface area contributed by atoms with Crippen LogP contribution in [0, 0.1) is 11.7 Å². The number of ether oxygens (including phenoxy) is 1. The zero-order chi connectivity index (χ0) is 12.3. The summed E-state index contributed by atoms with van der Waals surface area (Å²) in [5.74, 6) is 0.357. The average molecular weight is 237 g/mol. The highest BCUT2D eigenvalue weighted by molar-refractivity contribution is 5.43. The summed E-state index contributed by atoms with van der Waals surface area (Å²) >= 11 is 0. The molecule has 0 amide bonds. The molecule has 0 saturated carbocycles. The van der Waals surface area contributed by atoms with Gasteiger partial charge in [-0.15, -0.1) is 0 Å². The maximum atomic E-state index is 12.8. The number of hydrogen-bond acceptors (Lipinski definition) is 2. The normalized spacial score (nSPS) is 24.9. The minimum absolute atomic E-state index is 0.192. The van der Waals surface area contributed by atoms with Gasteiger partial charge in [-0.3, -0.25) is 0 Å². The van der Waals surface area contributed by atoms with Gasteiger partial charge in [-0.2, -0.15) is 0 Å². The summed E-state index contributed by atoms with van der Waals surface area (Å²) in [5.41, 5.74) is 0.987. The lowest BCUT2D eigenvalue weighted by atomic mass is 9.95. The molecule has 3 heteroatoms. The molecule has 2 unspecified atom stereocenters. The first-order valence-electron chi connectivity index (χ1n) is 6.29. The molecule has 94 valence electrons. The van der Waals surface area contributed by atoms with Crippen LogP contribution in [0.15, 0.2) is 24.3 Å². The molecule has 1 heterocycles. The molecule has 1 N–H and O–H groups in total. The van der Waals surface area contributed by atoms with E-state index in [1.807, 2.05) is 0 Å². The molecule has 0 aliphatic carbocycles. The van der Waals surface area contributed by atoms with E-state index < -0.39 is 0 Å². The molecule has 1 aliphatic heterocycles. The number of benzene rings is 1. The van der Waals surface area contributed by atoms with Crippen LogP contribution in [-0.2, 0) is 4.74 Å². The van der Waals surface area contributed by atoms with Crippen LogP contribution in [0.4, 0.5) is 10.1 Å². The Morgan fingerprint density at radius 1 is 1.29 bits per heavy atom. The molecule has 1 aromatic rings. The van der Waals surface area contributed by atoms with Crippen molar-refractivity contribution in [3.63, 3.8) is 0 Å². The Morgan fingerprint density at radius 2 is 2.00 bits per heavy atom. The van der Waals surface area contributed by atoms with Gasteiger partial charge in [-0.1, -0.05) is 13.8 Å². The van der Waals surface area contributed by atoms with Crippen LogP contribution in [0.3, 0.4) is 0 Å². The van der Waals surface area contributed by atoms with Crippen LogP contribution >= 0.6 is 0 Å². The summed E-state index contributed by atoms with van der Waals surface area (Å²) in [6.45, 7) is 5.18. The lowest BCUT2D eigenvalue weighted by Gasteiger charge is -2.32. The third-order valence-electron chi connectivity index (χ3n) is 3.27. The van der Waals surface area contributed by atoms with Gasteiger partial charge in [0.25, 0.3) is 0 Å². The monoisotopic (exact) mass is 237 g/mol. The predicted octanol–water partition coefficient (Wildman–Crippen LogP) is 3.44. The fourth-order valence-electron chi connectivity index (χ4n) is 2.21. The van der Waals surface area contributed by atoms with Crippen LogP contribution in [-0.4, -0.2) is 18.8 Å². The number of rotatable bonds is 3. The van der Waals surface area contributed by atoms with Crippen molar-refractivity contribution in [2.45, 2.75) is 38.8 Å². The zero-order valence-electron chi connectivity index (χ0n) is 10.4. The molecular weight excluding hydrogens is 217 g/mol. The highest BCUT2D eigenvalue weighted by atomic mass is 19.1. The first-order chi connectivity index (χ1) is 8.15. The average Bonchev–Trinajstić information content (AvgIpc) is 2.32. The molecule has 0 spiro atoms. The molecule has 1 fully saturated rings. The molecule has 1 aliphatic rings. The summed E-state index contributed by atoms with van der Waals surface area (Å²) < 4.78 is 18.5. The highest BCUT2D eigenvalue weighted by Crippen LogP contribution is 2.23. The van der Waals surface area contributed by atoms with Gasteiger partial charge < -0.3 is 10.1 Å². The fourth-order valence-corrected chi connectivity index (χ4v) is 2.21. The molecule has 2 rings (SSSR count). The van der Waals surface area contributed by atoms with Crippen LogP contribution < -0.4 is 5.32 Å². The number of hydrogen-bond donors (Lipinski definition) is 1. The van der Waals surface area contributed by atoms with E-state index in [2.05, 4.69) is 19.2 Å². The van der Waals surface area contributed by atoms with Gasteiger partial charge in [0.1, 0.15) is 5.82 Å². The Bertz CT molecular complexity index is 350. The number of halogens is 1. The van der Waals surface area contributed by atoms with Crippen molar-refractivity contribution in [2.75, 3.05) is 11.9 Å². The van der Waals surface area contributed by atoms with Gasteiger partial charge in [0.2, 0.25) is 0 Å². The smallest absolute Gasteiger partial charge is 0.123 e. The third kappa shape index (κ3) is 3.43. The fraction of sp³-hybridized carbons (Fsp3) is 0.571. The molecule has 0 radical (unpaired) electrons. The molecule has 0 aromatic heterocycles. The maximum absolute atomic E-state index is 12.8. The van der Waals surface area contributed by atoms with Gasteiger partial charge in [-0.05, 0) is 43.0 Å². The minimum Gasteiger partial charge on any atom is -0.382 e. The number of nitrogens with one attached hydrogen (secondary N) is 1. The van der Waals surface area contributed by atoms with Crippen molar-refractivity contribution in [3.05, 3.63) is 30.1 Å². The van der Waals surface area contributed by atoms with Gasteiger partial charge in [0.05, 0.1) is 6.10 Å². The topological polar surface area (TPSA) is 21.3 Å². The quantitative estimate of drug-likeness (QED) is 0.869. The molecular formula is C14H20FNO. The van der Waals surface area contributed by atoms with Crippen molar-refractivity contribution in [2.24, 2.45) is 5.92 Å². The lowest BCUT2D eigenvalue weighted by Crippen LogP contribution is -2.36. The Hall–Kier alpha value is -1.09. The predicted molar refractivity (Wildman–Crippen MR) is 67.6 cm³/mol. The van der Waals surface area contributed by atoms with Crippen LogP contribution in [0.25, 0.3) is 0 Å². The van der Waals surface area contributed by atoms with E-state index >= 15 is 0 Å². The van der Waals surface area contributed by atoms with Crippen LogP contribution in [0.1, 0.15) is 26.7 Å². The van der Waals surface area contributed by atoms with Gasteiger partial charge in [0, 0.05) is 18.3 Å². The minimum atomic E-state index is -0.192. The lowest BCUT2D eigenvalue weighted by molar-refractivity contribution is -0.0160. The first kappa shape index (κ1) is 12.4. The standard InChI is InChI=1S/C14H20FNO/c1-10(2)14-9-13(7-8-17-14)16-12-5-3-11(15)4-6-12/h3-6,10,13-14,16H,7-9H2,1-2H3. The van der Waals surface area contributed by atoms with Crippen molar-refractivity contribution in [1.82, 2.24) is 0 Å². The molecule has 2 nitrogen and oxygen atoms in total. The summed E-state index contributed by atoms with van der Waals surface area (Å²) in [6.07, 6.45) is 2.37. The van der Waals surface area contributed by atoms with Gasteiger partial charge >= 0.3 is 0 Å². The third-order valence-corrected chi connectivity index (χ3v) is 3.27. The van der Waals surface area contributed by atoms with E-state index in [-0.39, 0.29) is 5.82 Å². The summed E-state index contributed by atoms with van der Waals surface area (Å²) in [7, 11) is 0. The molecule has 1 aromatic carbocycles. The van der Waals surface area contributed by atoms with E-state index in [1.54, 1.807) is 12.1 Å². The van der Waals surface area contributed by atoms with Crippen LogP contribution in [0.2, 0.25) is 0 Å². The SMILES string of the molecule is CC(C)C1CC(Nc2ccc(F)cc2)CCO1. The second kappa shape index (κ2) is 5.50. The van der Waals surface area contributed by atoms with E-state index in [1.165, 1.54) is 12.1 Å². The van der Waals surface area contributed by atoms with E-state index in [9.17, 15) is 4.39 Å². The summed E-state index contributed by atoms with van der Waals surface area (Å²) in [4.78, 5) is 0. The van der Waals surface area contributed by atoms with Gasteiger partial charge in [-0.25, -0.2) is 4.39 Å². The van der Waals surface area contributed by atoms with E-state index in [4.69, 9.17) is 4.74 Å².